The molecule has 110 valence electrons. The SMILES string of the molecule is OCC1CN(Cc2ccc(-c3ccccc3)cc2)CCO1. The first-order chi connectivity index (χ1) is 10.3. The molecule has 1 fully saturated rings. The zero-order chi connectivity index (χ0) is 14.5. The highest BCUT2D eigenvalue weighted by atomic mass is 16.5. The average Bonchev–Trinajstić information content (AvgIpc) is 2.56. The lowest BCUT2D eigenvalue weighted by Crippen LogP contribution is -2.43. The van der Waals surface area contributed by atoms with Gasteiger partial charge in [0.15, 0.2) is 0 Å². The summed E-state index contributed by atoms with van der Waals surface area (Å²) in [6.45, 7) is 3.44. The van der Waals surface area contributed by atoms with Gasteiger partial charge in [0.1, 0.15) is 0 Å². The summed E-state index contributed by atoms with van der Waals surface area (Å²) in [4.78, 5) is 2.34. The number of morpholine rings is 1. The van der Waals surface area contributed by atoms with Crippen LogP contribution in [0.3, 0.4) is 0 Å². The van der Waals surface area contributed by atoms with Crippen molar-refractivity contribution in [1.82, 2.24) is 4.90 Å². The summed E-state index contributed by atoms with van der Waals surface area (Å²) < 4.78 is 5.48. The lowest BCUT2D eigenvalue weighted by molar-refractivity contribution is -0.0551. The standard InChI is InChI=1S/C18H21NO2/c20-14-18-13-19(10-11-21-18)12-15-6-8-17(9-7-15)16-4-2-1-3-5-16/h1-9,18,20H,10-14H2. The van der Waals surface area contributed by atoms with Gasteiger partial charge < -0.3 is 9.84 Å². The van der Waals surface area contributed by atoms with Gasteiger partial charge in [0, 0.05) is 19.6 Å². The van der Waals surface area contributed by atoms with Crippen molar-refractivity contribution in [3.8, 4) is 11.1 Å². The van der Waals surface area contributed by atoms with Gasteiger partial charge in [-0.3, -0.25) is 4.90 Å². The Morgan fingerprint density at radius 3 is 2.43 bits per heavy atom. The fraction of sp³-hybridized carbons (Fsp3) is 0.333. The van der Waals surface area contributed by atoms with Crippen molar-refractivity contribution in [1.29, 1.82) is 0 Å². The number of aliphatic hydroxyl groups excluding tert-OH is 1. The minimum absolute atomic E-state index is 0.0395. The van der Waals surface area contributed by atoms with Gasteiger partial charge >= 0.3 is 0 Å². The minimum atomic E-state index is -0.0395. The first kappa shape index (κ1) is 14.3. The molecule has 3 heteroatoms. The first-order valence-corrected chi connectivity index (χ1v) is 7.44. The minimum Gasteiger partial charge on any atom is -0.394 e. The van der Waals surface area contributed by atoms with Crippen LogP contribution in [0.15, 0.2) is 54.6 Å². The molecular weight excluding hydrogens is 262 g/mol. The van der Waals surface area contributed by atoms with Gasteiger partial charge in [-0.1, -0.05) is 54.6 Å². The Balaban J connectivity index is 1.65. The van der Waals surface area contributed by atoms with Crippen molar-refractivity contribution in [2.24, 2.45) is 0 Å². The van der Waals surface area contributed by atoms with E-state index in [1.54, 1.807) is 0 Å². The van der Waals surface area contributed by atoms with Crippen LogP contribution in [0.1, 0.15) is 5.56 Å². The Kier molecular flexibility index (Phi) is 4.65. The van der Waals surface area contributed by atoms with E-state index in [2.05, 4.69) is 53.4 Å². The van der Waals surface area contributed by atoms with Crippen LogP contribution in [-0.4, -0.2) is 42.4 Å². The van der Waals surface area contributed by atoms with Crippen LogP contribution < -0.4 is 0 Å². The van der Waals surface area contributed by atoms with Crippen LogP contribution in [0.25, 0.3) is 11.1 Å². The number of aliphatic hydroxyl groups is 1. The molecule has 2 aromatic carbocycles. The van der Waals surface area contributed by atoms with Crippen molar-refractivity contribution in [2.75, 3.05) is 26.3 Å². The molecule has 0 aliphatic carbocycles. The van der Waals surface area contributed by atoms with Crippen molar-refractivity contribution in [3.05, 3.63) is 60.2 Å². The van der Waals surface area contributed by atoms with E-state index in [4.69, 9.17) is 4.74 Å². The highest BCUT2D eigenvalue weighted by Crippen LogP contribution is 2.20. The van der Waals surface area contributed by atoms with Crippen LogP contribution in [0.5, 0.6) is 0 Å². The molecule has 0 radical (unpaired) electrons. The summed E-state index contributed by atoms with van der Waals surface area (Å²) in [5.74, 6) is 0. The lowest BCUT2D eigenvalue weighted by atomic mass is 10.0. The van der Waals surface area contributed by atoms with Gasteiger partial charge in [0.2, 0.25) is 0 Å². The molecule has 1 atom stereocenters. The first-order valence-electron chi connectivity index (χ1n) is 7.44. The van der Waals surface area contributed by atoms with Crippen molar-refractivity contribution < 1.29 is 9.84 Å². The summed E-state index contributed by atoms with van der Waals surface area (Å²) >= 11 is 0. The fourth-order valence-corrected chi connectivity index (χ4v) is 2.73. The maximum Gasteiger partial charge on any atom is 0.0933 e. The Morgan fingerprint density at radius 1 is 1.00 bits per heavy atom. The topological polar surface area (TPSA) is 32.7 Å². The van der Waals surface area contributed by atoms with E-state index in [9.17, 15) is 5.11 Å². The Morgan fingerprint density at radius 2 is 1.71 bits per heavy atom. The van der Waals surface area contributed by atoms with E-state index >= 15 is 0 Å². The third-order valence-electron chi connectivity index (χ3n) is 3.89. The molecule has 3 rings (SSSR count). The number of hydrogen-bond acceptors (Lipinski definition) is 3. The van der Waals surface area contributed by atoms with E-state index in [1.807, 2.05) is 6.07 Å². The smallest absolute Gasteiger partial charge is 0.0933 e. The molecule has 2 aromatic rings. The Hall–Kier alpha value is -1.68. The normalized spacial score (nSPS) is 19.6. The summed E-state index contributed by atoms with van der Waals surface area (Å²) in [6, 6.07) is 19.1. The molecule has 1 N–H and O–H groups in total. The van der Waals surface area contributed by atoms with Gasteiger partial charge in [-0.25, -0.2) is 0 Å². The number of benzene rings is 2. The van der Waals surface area contributed by atoms with Gasteiger partial charge in [-0.05, 0) is 16.7 Å². The molecule has 3 nitrogen and oxygen atoms in total. The second-order valence-corrected chi connectivity index (χ2v) is 5.47. The molecule has 0 spiro atoms. The second-order valence-electron chi connectivity index (χ2n) is 5.47. The summed E-state index contributed by atoms with van der Waals surface area (Å²) in [5.41, 5.74) is 3.79. The van der Waals surface area contributed by atoms with E-state index in [0.717, 1.165) is 19.6 Å². The maximum absolute atomic E-state index is 9.19. The highest BCUT2D eigenvalue weighted by Gasteiger charge is 2.19. The second kappa shape index (κ2) is 6.85. The van der Waals surface area contributed by atoms with Crippen LogP contribution in [0.2, 0.25) is 0 Å². The molecule has 1 aliphatic heterocycles. The number of rotatable bonds is 4. The molecule has 0 amide bonds. The van der Waals surface area contributed by atoms with Crippen LogP contribution >= 0.6 is 0 Å². The monoisotopic (exact) mass is 283 g/mol. The molecule has 1 heterocycles. The number of ether oxygens (including phenoxy) is 1. The third kappa shape index (κ3) is 3.70. The maximum atomic E-state index is 9.19. The number of hydrogen-bond donors (Lipinski definition) is 1. The predicted octanol–water partition coefficient (Wildman–Crippen LogP) is 2.55. The van der Waals surface area contributed by atoms with Crippen molar-refractivity contribution >= 4 is 0 Å². The Bertz CT molecular complexity index is 553. The van der Waals surface area contributed by atoms with E-state index in [1.165, 1.54) is 16.7 Å². The van der Waals surface area contributed by atoms with Gasteiger partial charge in [-0.2, -0.15) is 0 Å². The van der Waals surface area contributed by atoms with Gasteiger partial charge in [0.05, 0.1) is 19.3 Å². The summed E-state index contributed by atoms with van der Waals surface area (Å²) in [7, 11) is 0. The zero-order valence-corrected chi connectivity index (χ0v) is 12.1. The lowest BCUT2D eigenvalue weighted by Gasteiger charge is -2.32. The molecule has 0 saturated carbocycles. The van der Waals surface area contributed by atoms with Gasteiger partial charge in [-0.15, -0.1) is 0 Å². The molecule has 0 aromatic heterocycles. The highest BCUT2D eigenvalue weighted by molar-refractivity contribution is 5.63. The molecule has 1 saturated heterocycles. The molecule has 21 heavy (non-hydrogen) atoms. The number of nitrogens with zero attached hydrogens (tertiary/aromatic N) is 1. The molecular formula is C18H21NO2. The Labute approximate surface area is 125 Å². The average molecular weight is 283 g/mol. The summed E-state index contributed by atoms with van der Waals surface area (Å²) in [5, 5.41) is 9.19. The largest absolute Gasteiger partial charge is 0.394 e. The van der Waals surface area contributed by atoms with Crippen LogP contribution in [-0.2, 0) is 11.3 Å². The van der Waals surface area contributed by atoms with E-state index < -0.39 is 0 Å². The summed E-state index contributed by atoms with van der Waals surface area (Å²) in [6.07, 6.45) is -0.0395. The molecule has 1 aliphatic rings. The van der Waals surface area contributed by atoms with E-state index in [0.29, 0.717) is 6.61 Å². The van der Waals surface area contributed by atoms with Crippen LogP contribution in [0, 0.1) is 0 Å². The third-order valence-corrected chi connectivity index (χ3v) is 3.89. The molecule has 1 unspecified atom stereocenters. The molecule has 0 bridgehead atoms. The predicted molar refractivity (Wildman–Crippen MR) is 84.0 cm³/mol. The van der Waals surface area contributed by atoms with Crippen molar-refractivity contribution in [3.63, 3.8) is 0 Å². The van der Waals surface area contributed by atoms with E-state index in [-0.39, 0.29) is 12.7 Å². The van der Waals surface area contributed by atoms with Crippen molar-refractivity contribution in [2.45, 2.75) is 12.6 Å². The zero-order valence-electron chi connectivity index (χ0n) is 12.1. The quantitative estimate of drug-likeness (QED) is 0.936. The van der Waals surface area contributed by atoms with Gasteiger partial charge in [0.25, 0.3) is 0 Å². The van der Waals surface area contributed by atoms with Crippen LogP contribution in [0.4, 0.5) is 0 Å². The fourth-order valence-electron chi connectivity index (χ4n) is 2.73.